The van der Waals surface area contributed by atoms with Gasteiger partial charge in [-0.05, 0) is 56.4 Å². The second kappa shape index (κ2) is 9.75. The maximum absolute atomic E-state index is 12.5. The molecule has 0 N–H and O–H groups in total. The molecule has 1 atom stereocenters. The molecular weight excluding hydrogens is 324 g/mol. The Labute approximate surface area is 157 Å². The van der Waals surface area contributed by atoms with E-state index in [4.69, 9.17) is 0 Å². The van der Waals surface area contributed by atoms with Crippen molar-refractivity contribution in [2.45, 2.75) is 57.8 Å². The van der Waals surface area contributed by atoms with Gasteiger partial charge in [0.1, 0.15) is 0 Å². The number of likely N-dealkylation sites (tertiary alicyclic amines) is 2. The third-order valence-corrected chi connectivity index (χ3v) is 5.80. The highest BCUT2D eigenvalue weighted by molar-refractivity contribution is 5.77. The molecule has 1 aromatic carbocycles. The summed E-state index contributed by atoms with van der Waals surface area (Å²) in [7, 11) is 0. The molecule has 2 saturated heterocycles. The van der Waals surface area contributed by atoms with Crippen LogP contribution in [0.25, 0.3) is 0 Å². The second-order valence-electron chi connectivity index (χ2n) is 7.81. The summed E-state index contributed by atoms with van der Waals surface area (Å²) >= 11 is 0. The van der Waals surface area contributed by atoms with Crippen LogP contribution < -0.4 is 0 Å². The zero-order chi connectivity index (χ0) is 18.2. The summed E-state index contributed by atoms with van der Waals surface area (Å²) in [6.07, 6.45) is 8.64. The fraction of sp³-hybridized carbons (Fsp3) is 0.636. The molecule has 0 aliphatic carbocycles. The molecule has 1 aromatic rings. The van der Waals surface area contributed by atoms with Crippen LogP contribution in [0.4, 0.5) is 0 Å². The first-order valence-corrected chi connectivity index (χ1v) is 10.3. The Bertz CT molecular complexity index is 581. The zero-order valence-electron chi connectivity index (χ0n) is 15.9. The minimum Gasteiger partial charge on any atom is -0.343 e. The number of piperidine rings is 1. The van der Waals surface area contributed by atoms with E-state index in [1.807, 2.05) is 15.9 Å². The van der Waals surface area contributed by atoms with Crippen LogP contribution in [-0.2, 0) is 16.0 Å². The number of carbonyl (C=O) groups excluding carboxylic acids is 2. The van der Waals surface area contributed by atoms with Crippen molar-refractivity contribution in [3.8, 4) is 0 Å². The Morgan fingerprint density at radius 2 is 1.58 bits per heavy atom. The molecule has 0 unspecified atom stereocenters. The maximum atomic E-state index is 12.5. The van der Waals surface area contributed by atoms with Crippen LogP contribution in [-0.4, -0.2) is 47.8 Å². The van der Waals surface area contributed by atoms with Crippen molar-refractivity contribution in [3.63, 3.8) is 0 Å². The largest absolute Gasteiger partial charge is 0.343 e. The highest BCUT2D eigenvalue weighted by Gasteiger charge is 2.25. The van der Waals surface area contributed by atoms with Gasteiger partial charge < -0.3 is 9.80 Å². The lowest BCUT2D eigenvalue weighted by molar-refractivity contribution is -0.133. The van der Waals surface area contributed by atoms with Crippen LogP contribution in [0.5, 0.6) is 0 Å². The van der Waals surface area contributed by atoms with Gasteiger partial charge in [0, 0.05) is 39.0 Å². The molecular formula is C22H32N2O2. The molecule has 2 aliphatic heterocycles. The first-order valence-electron chi connectivity index (χ1n) is 10.3. The van der Waals surface area contributed by atoms with E-state index < -0.39 is 0 Å². The highest BCUT2D eigenvalue weighted by Crippen LogP contribution is 2.23. The molecule has 142 valence electrons. The minimum atomic E-state index is 0.288. The normalized spacial score (nSPS) is 20.4. The number of nitrogens with zero attached hydrogens (tertiary/aromatic N) is 2. The highest BCUT2D eigenvalue weighted by atomic mass is 16.2. The second-order valence-corrected chi connectivity index (χ2v) is 7.81. The van der Waals surface area contributed by atoms with E-state index >= 15 is 0 Å². The SMILES string of the molecule is O=C(CC[C@@H]1CCCN(C(=O)CCCc2ccccc2)C1)N1CCCC1. The zero-order valence-corrected chi connectivity index (χ0v) is 15.9. The molecule has 26 heavy (non-hydrogen) atoms. The fourth-order valence-corrected chi connectivity index (χ4v) is 4.23. The van der Waals surface area contributed by atoms with Crippen molar-refractivity contribution in [1.29, 1.82) is 0 Å². The Morgan fingerprint density at radius 1 is 0.885 bits per heavy atom. The Morgan fingerprint density at radius 3 is 2.35 bits per heavy atom. The van der Waals surface area contributed by atoms with Crippen molar-refractivity contribution in [3.05, 3.63) is 35.9 Å². The summed E-state index contributed by atoms with van der Waals surface area (Å²) in [5.74, 6) is 1.10. The third-order valence-electron chi connectivity index (χ3n) is 5.80. The van der Waals surface area contributed by atoms with Gasteiger partial charge in [0.15, 0.2) is 0 Å². The number of benzene rings is 1. The van der Waals surface area contributed by atoms with Gasteiger partial charge >= 0.3 is 0 Å². The van der Waals surface area contributed by atoms with Crippen LogP contribution >= 0.6 is 0 Å². The number of rotatable bonds is 7. The average molecular weight is 357 g/mol. The summed E-state index contributed by atoms with van der Waals surface area (Å²) in [5, 5.41) is 0. The van der Waals surface area contributed by atoms with Gasteiger partial charge in [-0.2, -0.15) is 0 Å². The quantitative estimate of drug-likeness (QED) is 0.748. The van der Waals surface area contributed by atoms with Crippen molar-refractivity contribution >= 4 is 11.8 Å². The first kappa shape index (κ1) is 18.9. The standard InChI is InChI=1S/C22H32N2O2/c25-21(12-6-10-19-8-2-1-3-9-19)24-17-7-11-20(18-24)13-14-22(26)23-15-4-5-16-23/h1-3,8-9,20H,4-7,10-18H2/t20-/m0/s1. The summed E-state index contributed by atoms with van der Waals surface area (Å²) in [6, 6.07) is 10.4. The molecule has 2 aliphatic rings. The molecule has 2 amide bonds. The summed E-state index contributed by atoms with van der Waals surface area (Å²) in [5.41, 5.74) is 1.30. The van der Waals surface area contributed by atoms with E-state index in [-0.39, 0.29) is 5.91 Å². The third kappa shape index (κ3) is 5.58. The van der Waals surface area contributed by atoms with Crippen molar-refractivity contribution < 1.29 is 9.59 Å². The Balaban J connectivity index is 1.36. The minimum absolute atomic E-state index is 0.288. The van der Waals surface area contributed by atoms with Gasteiger partial charge in [0.25, 0.3) is 0 Å². The van der Waals surface area contributed by atoms with E-state index in [0.717, 1.165) is 71.1 Å². The Kier molecular flexibility index (Phi) is 7.10. The molecule has 0 saturated carbocycles. The lowest BCUT2D eigenvalue weighted by Gasteiger charge is -2.33. The molecule has 0 aromatic heterocycles. The van der Waals surface area contributed by atoms with Gasteiger partial charge in [-0.1, -0.05) is 30.3 Å². The molecule has 4 heteroatoms. The molecule has 2 fully saturated rings. The van der Waals surface area contributed by atoms with E-state index in [0.29, 0.717) is 24.7 Å². The van der Waals surface area contributed by atoms with E-state index in [9.17, 15) is 9.59 Å². The summed E-state index contributed by atoms with van der Waals surface area (Å²) in [6.45, 7) is 3.61. The van der Waals surface area contributed by atoms with Crippen molar-refractivity contribution in [2.24, 2.45) is 5.92 Å². The molecule has 4 nitrogen and oxygen atoms in total. The van der Waals surface area contributed by atoms with Crippen LogP contribution in [0, 0.1) is 5.92 Å². The molecule has 0 bridgehead atoms. The smallest absolute Gasteiger partial charge is 0.222 e. The van der Waals surface area contributed by atoms with Crippen LogP contribution in [0.2, 0.25) is 0 Å². The topological polar surface area (TPSA) is 40.6 Å². The monoisotopic (exact) mass is 356 g/mol. The molecule has 0 spiro atoms. The van der Waals surface area contributed by atoms with Crippen molar-refractivity contribution in [1.82, 2.24) is 9.80 Å². The van der Waals surface area contributed by atoms with Gasteiger partial charge in [-0.25, -0.2) is 0 Å². The van der Waals surface area contributed by atoms with E-state index in [1.165, 1.54) is 5.56 Å². The number of carbonyl (C=O) groups is 2. The summed E-state index contributed by atoms with van der Waals surface area (Å²) in [4.78, 5) is 28.8. The first-order chi connectivity index (χ1) is 12.7. The number of aryl methyl sites for hydroxylation is 1. The van der Waals surface area contributed by atoms with Crippen LogP contribution in [0.15, 0.2) is 30.3 Å². The lowest BCUT2D eigenvalue weighted by Crippen LogP contribution is -2.40. The van der Waals surface area contributed by atoms with Crippen LogP contribution in [0.1, 0.15) is 56.9 Å². The summed E-state index contributed by atoms with van der Waals surface area (Å²) < 4.78 is 0. The van der Waals surface area contributed by atoms with Gasteiger partial charge in [-0.15, -0.1) is 0 Å². The predicted molar refractivity (Wildman–Crippen MR) is 104 cm³/mol. The predicted octanol–water partition coefficient (Wildman–Crippen LogP) is 3.65. The Hall–Kier alpha value is -1.84. The molecule has 0 radical (unpaired) electrons. The maximum Gasteiger partial charge on any atom is 0.222 e. The molecule has 2 heterocycles. The number of hydrogen-bond donors (Lipinski definition) is 0. The number of hydrogen-bond acceptors (Lipinski definition) is 2. The van der Waals surface area contributed by atoms with Gasteiger partial charge in [-0.3, -0.25) is 9.59 Å². The molecule has 3 rings (SSSR count). The van der Waals surface area contributed by atoms with Crippen LogP contribution in [0.3, 0.4) is 0 Å². The van der Waals surface area contributed by atoms with Gasteiger partial charge in [0.05, 0.1) is 0 Å². The lowest BCUT2D eigenvalue weighted by atomic mass is 9.92. The van der Waals surface area contributed by atoms with Gasteiger partial charge in [0.2, 0.25) is 11.8 Å². The average Bonchev–Trinajstić information content (AvgIpc) is 3.22. The van der Waals surface area contributed by atoms with E-state index in [1.54, 1.807) is 0 Å². The fourth-order valence-electron chi connectivity index (χ4n) is 4.23. The number of amides is 2. The van der Waals surface area contributed by atoms with Crippen molar-refractivity contribution in [2.75, 3.05) is 26.2 Å². The van der Waals surface area contributed by atoms with E-state index in [2.05, 4.69) is 24.3 Å².